The summed E-state index contributed by atoms with van der Waals surface area (Å²) in [4.78, 5) is 108. The highest BCUT2D eigenvalue weighted by Gasteiger charge is 2.42. The van der Waals surface area contributed by atoms with Gasteiger partial charge in [0.25, 0.3) is 0 Å². The Balaban J connectivity index is 1.04. The Hall–Kier alpha value is -6.12. The van der Waals surface area contributed by atoms with Crippen molar-refractivity contribution in [3.8, 4) is 0 Å². The second kappa shape index (κ2) is 23.8. The molecular weight excluding hydrogens is 937 g/mol. The highest BCUT2D eigenvalue weighted by Crippen LogP contribution is 2.48. The number of hydrogen-bond acceptors (Lipinski definition) is 15. The van der Waals surface area contributed by atoms with Gasteiger partial charge in [0.2, 0.25) is 0 Å². The quantitative estimate of drug-likeness (QED) is 0.0852. The maximum absolute atomic E-state index is 13.1. The molecule has 0 bridgehead atoms. The van der Waals surface area contributed by atoms with Crippen LogP contribution in [-0.2, 0) is 43.5 Å². The number of ether oxygens (including phenoxy) is 3. The number of carbonyl (C=O) groups is 6. The SMILES string of the molecule is Cc1c(C)c(C)c(C(=O)OOC(=O)OC2CCC(C(C3CCC(OC(=O)OOC(=O)c4c(C)c(C)c(C)c(C)c4C)CC3)C3CCC(OC(=O)OOC(=O)c4c(C)c(C)c(C)c(C)c4C)CC3)CC2)c(C)c1C. The van der Waals surface area contributed by atoms with E-state index in [1.165, 1.54) is 0 Å². The number of benzene rings is 3. The van der Waals surface area contributed by atoms with Crippen molar-refractivity contribution in [2.24, 2.45) is 23.7 Å². The van der Waals surface area contributed by atoms with Crippen molar-refractivity contribution in [1.29, 1.82) is 0 Å². The molecule has 6 rings (SSSR count). The van der Waals surface area contributed by atoms with Crippen molar-refractivity contribution in [3.63, 3.8) is 0 Å². The van der Waals surface area contributed by atoms with Crippen LogP contribution in [0.15, 0.2) is 0 Å². The summed E-state index contributed by atoms with van der Waals surface area (Å²) in [6.45, 7) is 28.7. The fourth-order valence-corrected chi connectivity index (χ4v) is 12.2. The number of carbonyl (C=O) groups excluding carboxylic acids is 6. The van der Waals surface area contributed by atoms with Crippen LogP contribution in [0, 0.1) is 128 Å². The minimum Gasteiger partial charge on any atom is -0.428 e. The van der Waals surface area contributed by atoms with Crippen molar-refractivity contribution in [3.05, 3.63) is 100 Å². The van der Waals surface area contributed by atoms with Gasteiger partial charge in [-0.05, 0) is 288 Å². The van der Waals surface area contributed by atoms with Gasteiger partial charge in [-0.25, -0.2) is 43.7 Å². The van der Waals surface area contributed by atoms with Crippen LogP contribution < -0.4 is 0 Å². The first kappa shape index (κ1) is 56.2. The molecule has 15 heteroatoms. The van der Waals surface area contributed by atoms with Crippen LogP contribution in [0.25, 0.3) is 0 Å². The number of hydrogen-bond donors (Lipinski definition) is 0. The summed E-state index contributed by atoms with van der Waals surface area (Å²) in [5.74, 6) is -1.15. The molecule has 0 N–H and O–H groups in total. The normalized spacial score (nSPS) is 21.2. The van der Waals surface area contributed by atoms with E-state index in [2.05, 4.69) is 0 Å². The molecule has 3 aliphatic rings. The summed E-state index contributed by atoms with van der Waals surface area (Å²) in [7, 11) is 0. The third-order valence-corrected chi connectivity index (χ3v) is 17.7. The van der Waals surface area contributed by atoms with Gasteiger partial charge in [-0.3, -0.25) is 0 Å². The molecule has 0 spiro atoms. The molecule has 398 valence electrons. The highest BCUT2D eigenvalue weighted by atomic mass is 17.2. The van der Waals surface area contributed by atoms with Crippen LogP contribution >= 0.6 is 0 Å². The van der Waals surface area contributed by atoms with Gasteiger partial charge in [-0.15, -0.1) is 0 Å². The molecule has 0 atom stereocenters. The summed E-state index contributed by atoms with van der Waals surface area (Å²) in [6, 6.07) is 0. The van der Waals surface area contributed by atoms with Crippen molar-refractivity contribution in [2.75, 3.05) is 0 Å². The van der Waals surface area contributed by atoms with Crippen LogP contribution in [-0.4, -0.2) is 54.7 Å². The molecule has 0 aromatic heterocycles. The van der Waals surface area contributed by atoms with Crippen molar-refractivity contribution < 1.29 is 72.3 Å². The summed E-state index contributed by atoms with van der Waals surface area (Å²) < 4.78 is 17.0. The van der Waals surface area contributed by atoms with Crippen LogP contribution in [0.3, 0.4) is 0 Å². The van der Waals surface area contributed by atoms with Gasteiger partial charge in [-0.2, -0.15) is 14.4 Å². The first-order valence-electron chi connectivity index (χ1n) is 25.9. The average molecular weight is 1010 g/mol. The van der Waals surface area contributed by atoms with E-state index in [1.807, 2.05) is 104 Å². The highest BCUT2D eigenvalue weighted by molar-refractivity contribution is 5.95. The first-order chi connectivity index (χ1) is 34.4. The zero-order valence-corrected chi connectivity index (χ0v) is 45.7. The monoisotopic (exact) mass is 1010 g/mol. The van der Waals surface area contributed by atoms with Crippen LogP contribution in [0.5, 0.6) is 0 Å². The lowest BCUT2D eigenvalue weighted by molar-refractivity contribution is -0.209. The van der Waals surface area contributed by atoms with E-state index >= 15 is 0 Å². The largest absolute Gasteiger partial charge is 0.550 e. The molecule has 3 aromatic carbocycles. The zero-order valence-electron chi connectivity index (χ0n) is 45.7. The second-order valence-corrected chi connectivity index (χ2v) is 21.2. The van der Waals surface area contributed by atoms with Crippen LogP contribution in [0.1, 0.15) is 192 Å². The molecule has 0 unspecified atom stereocenters. The Bertz CT molecular complexity index is 2250. The Kier molecular flexibility index (Phi) is 18.3. The van der Waals surface area contributed by atoms with E-state index in [0.717, 1.165) is 122 Å². The minimum absolute atomic E-state index is 0.269. The molecule has 3 fully saturated rings. The maximum Gasteiger partial charge on any atom is 0.550 e. The van der Waals surface area contributed by atoms with E-state index in [4.69, 9.17) is 43.5 Å². The van der Waals surface area contributed by atoms with E-state index in [9.17, 15) is 28.8 Å². The van der Waals surface area contributed by atoms with Gasteiger partial charge < -0.3 is 14.2 Å². The van der Waals surface area contributed by atoms with Crippen LogP contribution in [0.4, 0.5) is 14.4 Å². The molecule has 0 aliphatic heterocycles. The third-order valence-electron chi connectivity index (χ3n) is 17.7. The third kappa shape index (κ3) is 12.5. The lowest BCUT2D eigenvalue weighted by Gasteiger charge is -2.45. The Morgan fingerprint density at radius 3 is 0.644 bits per heavy atom. The van der Waals surface area contributed by atoms with E-state index in [1.54, 1.807) is 0 Å². The smallest absolute Gasteiger partial charge is 0.428 e. The summed E-state index contributed by atoms with van der Waals surface area (Å²) in [5, 5.41) is 0. The molecule has 0 radical (unpaired) electrons. The van der Waals surface area contributed by atoms with Crippen molar-refractivity contribution in [2.45, 2.75) is 199 Å². The second-order valence-electron chi connectivity index (χ2n) is 21.2. The molecule has 0 heterocycles. The standard InChI is InChI=1S/C58H76O15/c1-28-31(4)37(10)49(38(11)32(28)5)53(59)68-71-56(62)65-46-22-16-43(17-23-46)52(44-18-24-47(25-19-44)66-57(63)72-69-54(60)50-39(12)33(6)29(2)34(7)40(50)13)45-20-26-48(27-21-45)67-58(64)73-70-55(61)51-41(14)35(8)30(3)36(9)42(51)15/h43-48,52H,16-27H2,1-15H3. The Morgan fingerprint density at radius 1 is 0.274 bits per heavy atom. The maximum atomic E-state index is 13.1. The zero-order chi connectivity index (χ0) is 53.7. The molecule has 3 aliphatic carbocycles. The molecule has 15 nitrogen and oxygen atoms in total. The van der Waals surface area contributed by atoms with Crippen molar-refractivity contribution in [1.82, 2.24) is 0 Å². The van der Waals surface area contributed by atoms with Gasteiger partial charge in [-0.1, -0.05) is 0 Å². The van der Waals surface area contributed by atoms with Gasteiger partial charge >= 0.3 is 36.4 Å². The minimum atomic E-state index is -1.07. The fraction of sp³-hybridized carbons (Fsp3) is 0.586. The Labute approximate surface area is 430 Å². The van der Waals surface area contributed by atoms with Gasteiger partial charge in [0.1, 0.15) is 18.3 Å². The fourth-order valence-electron chi connectivity index (χ4n) is 12.2. The van der Waals surface area contributed by atoms with Gasteiger partial charge in [0.05, 0.1) is 16.7 Å². The van der Waals surface area contributed by atoms with E-state index in [0.29, 0.717) is 55.2 Å². The molecule has 3 aromatic rings. The predicted octanol–water partition coefficient (Wildman–Crippen LogP) is 13.7. The van der Waals surface area contributed by atoms with Gasteiger partial charge in [0, 0.05) is 0 Å². The summed E-state index contributed by atoms with van der Waals surface area (Å²) >= 11 is 0. The molecule has 3 saturated carbocycles. The van der Waals surface area contributed by atoms with Gasteiger partial charge in [0.15, 0.2) is 0 Å². The average Bonchev–Trinajstić information content (AvgIpc) is 3.37. The lowest BCUT2D eigenvalue weighted by Crippen LogP contribution is -2.40. The predicted molar refractivity (Wildman–Crippen MR) is 270 cm³/mol. The van der Waals surface area contributed by atoms with E-state index in [-0.39, 0.29) is 23.7 Å². The number of rotatable bonds is 9. The summed E-state index contributed by atoms with van der Waals surface area (Å²) in [6.07, 6.45) is 3.73. The topological polar surface area (TPSA) is 185 Å². The van der Waals surface area contributed by atoms with E-state index < -0.39 is 54.7 Å². The molecule has 0 amide bonds. The summed E-state index contributed by atoms with van der Waals surface area (Å²) in [5.41, 5.74) is 14.8. The molecule has 0 saturated heterocycles. The molecule has 73 heavy (non-hydrogen) atoms. The van der Waals surface area contributed by atoms with Crippen LogP contribution in [0.2, 0.25) is 0 Å². The van der Waals surface area contributed by atoms with Crippen molar-refractivity contribution >= 4 is 36.4 Å². The first-order valence-corrected chi connectivity index (χ1v) is 25.9. The Morgan fingerprint density at radius 2 is 0.452 bits per heavy atom. The molecular formula is C58H76O15. The lowest BCUT2D eigenvalue weighted by atomic mass is 9.61.